The van der Waals surface area contributed by atoms with Crippen molar-refractivity contribution in [3.8, 4) is 0 Å². The Kier molecular flexibility index (Phi) is 8.29. The van der Waals surface area contributed by atoms with E-state index in [-0.39, 0.29) is 36.8 Å². The van der Waals surface area contributed by atoms with Crippen LogP contribution in [0.3, 0.4) is 0 Å². The largest absolute Gasteiger partial charge is 0.350 e. The molecule has 0 spiro atoms. The fraction of sp³-hybridized carbons (Fsp3) is 0.174. The van der Waals surface area contributed by atoms with E-state index in [2.05, 4.69) is 31.1 Å². The number of hydrogen-bond donors (Lipinski definition) is 3. The highest BCUT2D eigenvalue weighted by Crippen LogP contribution is 2.27. The standard InChI is InChI=1S/C23H22N6O4/c30-21(26-14-16-7-3-5-11-24-16)13-20(17-8-1-2-9-18(17)29-33)28-22(31)15-27-23(32)19-10-4-6-12-25-19/h1-12,20H,13-15H2,(H,26,30)(H,27,32)(H,28,31). The van der Waals surface area contributed by atoms with Crippen LogP contribution in [0.1, 0.15) is 34.2 Å². The zero-order valence-electron chi connectivity index (χ0n) is 17.6. The minimum Gasteiger partial charge on any atom is -0.350 e. The molecule has 2 heterocycles. The highest BCUT2D eigenvalue weighted by Gasteiger charge is 2.22. The Morgan fingerprint density at radius 2 is 1.58 bits per heavy atom. The maximum atomic E-state index is 12.6. The minimum atomic E-state index is -0.832. The zero-order chi connectivity index (χ0) is 23.5. The number of carbonyl (C=O) groups excluding carboxylic acids is 3. The lowest BCUT2D eigenvalue weighted by atomic mass is 10.0. The van der Waals surface area contributed by atoms with E-state index in [1.807, 2.05) is 6.07 Å². The van der Waals surface area contributed by atoms with Crippen LogP contribution in [0.2, 0.25) is 0 Å². The first-order chi connectivity index (χ1) is 16.1. The van der Waals surface area contributed by atoms with Gasteiger partial charge >= 0.3 is 0 Å². The highest BCUT2D eigenvalue weighted by atomic mass is 16.3. The van der Waals surface area contributed by atoms with Crippen molar-refractivity contribution in [2.75, 3.05) is 6.54 Å². The lowest BCUT2D eigenvalue weighted by Crippen LogP contribution is -2.40. The number of rotatable bonds is 10. The summed E-state index contributed by atoms with van der Waals surface area (Å²) >= 11 is 0. The van der Waals surface area contributed by atoms with E-state index in [0.717, 1.165) is 0 Å². The van der Waals surface area contributed by atoms with Gasteiger partial charge in [0.05, 0.1) is 31.2 Å². The molecule has 0 aliphatic rings. The van der Waals surface area contributed by atoms with Crippen molar-refractivity contribution < 1.29 is 14.4 Å². The molecule has 0 radical (unpaired) electrons. The Bertz CT molecular complexity index is 1110. The summed E-state index contributed by atoms with van der Waals surface area (Å²) in [6.07, 6.45) is 2.95. The molecule has 0 aliphatic carbocycles. The first kappa shape index (κ1) is 23.2. The summed E-state index contributed by atoms with van der Waals surface area (Å²) in [6, 6.07) is 15.8. The molecule has 10 nitrogen and oxygen atoms in total. The predicted molar refractivity (Wildman–Crippen MR) is 120 cm³/mol. The lowest BCUT2D eigenvalue weighted by molar-refractivity contribution is -0.123. The lowest BCUT2D eigenvalue weighted by Gasteiger charge is -2.20. The molecule has 0 saturated carbocycles. The fourth-order valence-corrected chi connectivity index (χ4v) is 3.05. The molecular formula is C23H22N6O4. The summed E-state index contributed by atoms with van der Waals surface area (Å²) in [5, 5.41) is 10.9. The molecule has 168 valence electrons. The second kappa shape index (κ2) is 11.8. The quantitative estimate of drug-likeness (QED) is 0.407. The van der Waals surface area contributed by atoms with Crippen LogP contribution < -0.4 is 16.0 Å². The van der Waals surface area contributed by atoms with E-state index < -0.39 is 17.9 Å². The van der Waals surface area contributed by atoms with Gasteiger partial charge in [0, 0.05) is 18.0 Å². The molecule has 3 N–H and O–H groups in total. The number of pyridine rings is 2. The van der Waals surface area contributed by atoms with Gasteiger partial charge in [-0.05, 0) is 35.5 Å². The smallest absolute Gasteiger partial charge is 0.270 e. The van der Waals surface area contributed by atoms with Crippen molar-refractivity contribution in [3.63, 3.8) is 0 Å². The third-order valence-electron chi connectivity index (χ3n) is 4.64. The molecular weight excluding hydrogens is 424 g/mol. The first-order valence-electron chi connectivity index (χ1n) is 10.1. The highest BCUT2D eigenvalue weighted by molar-refractivity contribution is 5.95. The van der Waals surface area contributed by atoms with Crippen LogP contribution in [0.5, 0.6) is 0 Å². The van der Waals surface area contributed by atoms with E-state index >= 15 is 0 Å². The van der Waals surface area contributed by atoms with Crippen molar-refractivity contribution in [2.24, 2.45) is 5.18 Å². The monoisotopic (exact) mass is 446 g/mol. The fourth-order valence-electron chi connectivity index (χ4n) is 3.05. The van der Waals surface area contributed by atoms with Crippen LogP contribution in [0.25, 0.3) is 0 Å². The molecule has 0 fully saturated rings. The van der Waals surface area contributed by atoms with Gasteiger partial charge in [-0.25, -0.2) is 0 Å². The summed E-state index contributed by atoms with van der Waals surface area (Å²) in [7, 11) is 0. The number of carbonyl (C=O) groups is 3. The van der Waals surface area contributed by atoms with Gasteiger partial charge in [-0.1, -0.05) is 30.3 Å². The van der Waals surface area contributed by atoms with Crippen LogP contribution >= 0.6 is 0 Å². The van der Waals surface area contributed by atoms with Gasteiger partial charge in [0.2, 0.25) is 11.8 Å². The molecule has 3 rings (SSSR count). The summed E-state index contributed by atoms with van der Waals surface area (Å²) in [6.45, 7) is -0.119. The number of nitroso groups, excluding NO2 is 1. The van der Waals surface area contributed by atoms with Crippen molar-refractivity contribution in [2.45, 2.75) is 19.0 Å². The van der Waals surface area contributed by atoms with Gasteiger partial charge in [-0.3, -0.25) is 24.4 Å². The molecule has 2 aromatic heterocycles. The Morgan fingerprint density at radius 3 is 2.27 bits per heavy atom. The Balaban J connectivity index is 1.65. The van der Waals surface area contributed by atoms with Crippen molar-refractivity contribution in [1.29, 1.82) is 0 Å². The molecule has 33 heavy (non-hydrogen) atoms. The zero-order valence-corrected chi connectivity index (χ0v) is 17.6. The molecule has 0 bridgehead atoms. The van der Waals surface area contributed by atoms with E-state index in [4.69, 9.17) is 0 Å². The normalized spacial score (nSPS) is 11.2. The molecule has 0 saturated heterocycles. The predicted octanol–water partition coefficient (Wildman–Crippen LogP) is 2.17. The van der Waals surface area contributed by atoms with Gasteiger partial charge in [0.25, 0.3) is 5.91 Å². The van der Waals surface area contributed by atoms with Crippen LogP contribution in [-0.2, 0) is 16.1 Å². The van der Waals surface area contributed by atoms with E-state index in [9.17, 15) is 19.3 Å². The average Bonchev–Trinajstić information content (AvgIpc) is 2.86. The van der Waals surface area contributed by atoms with Crippen molar-refractivity contribution in [1.82, 2.24) is 25.9 Å². The van der Waals surface area contributed by atoms with Gasteiger partial charge in [0.1, 0.15) is 11.4 Å². The number of amides is 3. The van der Waals surface area contributed by atoms with Gasteiger partial charge in [-0.15, -0.1) is 4.91 Å². The SMILES string of the molecule is O=Nc1ccccc1C(CC(=O)NCc1ccccn1)NC(=O)CNC(=O)c1ccccn1. The molecule has 3 amide bonds. The first-order valence-corrected chi connectivity index (χ1v) is 10.1. The Morgan fingerprint density at radius 1 is 0.848 bits per heavy atom. The summed E-state index contributed by atoms with van der Waals surface area (Å²) in [4.78, 5) is 56.5. The van der Waals surface area contributed by atoms with E-state index in [1.165, 1.54) is 18.3 Å². The van der Waals surface area contributed by atoms with E-state index in [1.54, 1.807) is 48.7 Å². The Labute approximate surface area is 189 Å². The second-order valence-corrected chi connectivity index (χ2v) is 6.97. The Hall–Kier alpha value is -4.47. The van der Waals surface area contributed by atoms with Gasteiger partial charge in [-0.2, -0.15) is 0 Å². The second-order valence-electron chi connectivity index (χ2n) is 6.97. The molecule has 0 aliphatic heterocycles. The number of aromatic nitrogens is 2. The number of nitrogens with one attached hydrogen (secondary N) is 3. The number of benzene rings is 1. The van der Waals surface area contributed by atoms with Gasteiger partial charge < -0.3 is 16.0 Å². The topological polar surface area (TPSA) is 143 Å². The maximum absolute atomic E-state index is 12.6. The molecule has 1 atom stereocenters. The van der Waals surface area contributed by atoms with Crippen molar-refractivity contribution in [3.05, 3.63) is 94.9 Å². The summed E-state index contributed by atoms with van der Waals surface area (Å²) < 4.78 is 0. The van der Waals surface area contributed by atoms with Gasteiger partial charge in [0.15, 0.2) is 0 Å². The van der Waals surface area contributed by atoms with Crippen molar-refractivity contribution >= 4 is 23.4 Å². The van der Waals surface area contributed by atoms with Crippen LogP contribution in [-0.4, -0.2) is 34.2 Å². The van der Waals surface area contributed by atoms with Crippen LogP contribution in [0.15, 0.2) is 78.2 Å². The third kappa shape index (κ3) is 7.03. The minimum absolute atomic E-state index is 0.109. The van der Waals surface area contributed by atoms with E-state index in [0.29, 0.717) is 11.3 Å². The summed E-state index contributed by atoms with van der Waals surface area (Å²) in [5.41, 5.74) is 1.35. The molecule has 1 aromatic carbocycles. The number of hydrogen-bond acceptors (Lipinski definition) is 7. The molecule has 1 unspecified atom stereocenters. The van der Waals surface area contributed by atoms with Crippen LogP contribution in [0.4, 0.5) is 5.69 Å². The number of nitrogens with zero attached hydrogens (tertiary/aromatic N) is 3. The third-order valence-corrected chi connectivity index (χ3v) is 4.64. The molecule has 3 aromatic rings. The average molecular weight is 446 g/mol. The maximum Gasteiger partial charge on any atom is 0.270 e. The summed E-state index contributed by atoms with van der Waals surface area (Å²) in [5.74, 6) is -1.41. The molecule has 10 heteroatoms. The van der Waals surface area contributed by atoms with Crippen LogP contribution in [0, 0.1) is 4.91 Å².